The lowest BCUT2D eigenvalue weighted by atomic mass is 10.2. The number of hydrogen-bond acceptors (Lipinski definition) is 3. The second kappa shape index (κ2) is 3.72. The minimum atomic E-state index is 0.716. The fourth-order valence-electron chi connectivity index (χ4n) is 0.970. The van der Waals surface area contributed by atoms with Gasteiger partial charge in [0.05, 0.1) is 14.2 Å². The molecule has 3 heteroatoms. The summed E-state index contributed by atoms with van der Waals surface area (Å²) in [6, 6.07) is 3.75. The highest BCUT2D eigenvalue weighted by molar-refractivity contribution is 7.80. The molecule has 0 fully saturated rings. The molecule has 0 saturated heterocycles. The summed E-state index contributed by atoms with van der Waals surface area (Å²) in [5.41, 5.74) is 1.08. The molecule has 0 spiro atoms. The van der Waals surface area contributed by atoms with Crippen LogP contribution in [-0.2, 0) is 0 Å². The van der Waals surface area contributed by atoms with Crippen LogP contribution < -0.4 is 9.47 Å². The van der Waals surface area contributed by atoms with Crippen LogP contribution in [0, 0.1) is 6.92 Å². The van der Waals surface area contributed by atoms with Gasteiger partial charge in [-0.25, -0.2) is 0 Å². The lowest BCUT2D eigenvalue weighted by Crippen LogP contribution is -1.91. The topological polar surface area (TPSA) is 18.5 Å². The Balaban J connectivity index is 3.19. The Morgan fingerprint density at radius 1 is 1.08 bits per heavy atom. The Labute approximate surface area is 77.9 Å². The average molecular weight is 184 g/mol. The number of benzene rings is 1. The quantitative estimate of drug-likeness (QED) is 0.711. The maximum atomic E-state index is 5.11. The normalized spacial score (nSPS) is 9.67. The van der Waals surface area contributed by atoms with Crippen LogP contribution in [0.25, 0.3) is 0 Å². The number of aryl methyl sites for hydroxylation is 1. The number of hydrogen-bond donors (Lipinski definition) is 1. The standard InChI is InChI=1S/C9H12O2S/c1-6-4-7(10-2)8(11-3)5-9(6)12/h4-5,12H,1-3H3. The van der Waals surface area contributed by atoms with E-state index in [1.165, 1.54) is 0 Å². The largest absolute Gasteiger partial charge is 0.493 e. The van der Waals surface area contributed by atoms with Crippen molar-refractivity contribution in [1.29, 1.82) is 0 Å². The summed E-state index contributed by atoms with van der Waals surface area (Å²) >= 11 is 4.27. The van der Waals surface area contributed by atoms with Gasteiger partial charge in [0.15, 0.2) is 11.5 Å². The third-order valence-corrected chi connectivity index (χ3v) is 2.18. The highest BCUT2D eigenvalue weighted by Gasteiger charge is 2.05. The predicted octanol–water partition coefficient (Wildman–Crippen LogP) is 2.30. The molecule has 12 heavy (non-hydrogen) atoms. The first kappa shape index (κ1) is 9.26. The van der Waals surface area contributed by atoms with Crippen LogP contribution in [0.15, 0.2) is 17.0 Å². The van der Waals surface area contributed by atoms with Crippen molar-refractivity contribution in [1.82, 2.24) is 0 Å². The van der Waals surface area contributed by atoms with Crippen LogP contribution in [0.3, 0.4) is 0 Å². The van der Waals surface area contributed by atoms with E-state index in [0.717, 1.165) is 16.2 Å². The molecule has 0 saturated carbocycles. The van der Waals surface area contributed by atoms with Gasteiger partial charge in [-0.05, 0) is 24.6 Å². The molecule has 1 aromatic carbocycles. The molecule has 1 rings (SSSR count). The van der Waals surface area contributed by atoms with E-state index in [-0.39, 0.29) is 0 Å². The molecule has 0 atom stereocenters. The zero-order chi connectivity index (χ0) is 9.14. The summed E-state index contributed by atoms with van der Waals surface area (Å²) in [5.74, 6) is 1.46. The fraction of sp³-hybridized carbons (Fsp3) is 0.333. The van der Waals surface area contributed by atoms with Gasteiger partial charge in [0.2, 0.25) is 0 Å². The minimum Gasteiger partial charge on any atom is -0.493 e. The summed E-state index contributed by atoms with van der Waals surface area (Å²) in [7, 11) is 3.23. The van der Waals surface area contributed by atoms with Crippen molar-refractivity contribution in [3.63, 3.8) is 0 Å². The van der Waals surface area contributed by atoms with Crippen LogP contribution in [0.1, 0.15) is 5.56 Å². The highest BCUT2D eigenvalue weighted by atomic mass is 32.1. The van der Waals surface area contributed by atoms with Crippen LogP contribution >= 0.6 is 12.6 Å². The Kier molecular flexibility index (Phi) is 2.87. The van der Waals surface area contributed by atoms with Crippen LogP contribution in [-0.4, -0.2) is 14.2 Å². The molecule has 0 aliphatic heterocycles. The molecule has 66 valence electrons. The van der Waals surface area contributed by atoms with Crippen molar-refractivity contribution in [2.75, 3.05) is 14.2 Å². The molecule has 0 unspecified atom stereocenters. The summed E-state index contributed by atoms with van der Waals surface area (Å²) in [4.78, 5) is 0.910. The fourth-order valence-corrected chi connectivity index (χ4v) is 1.15. The number of ether oxygens (including phenoxy) is 2. The summed E-state index contributed by atoms with van der Waals surface area (Å²) in [6.45, 7) is 1.98. The van der Waals surface area contributed by atoms with E-state index in [2.05, 4.69) is 12.6 Å². The van der Waals surface area contributed by atoms with Gasteiger partial charge in [0, 0.05) is 4.90 Å². The molecule has 0 heterocycles. The molecule has 0 N–H and O–H groups in total. The zero-order valence-electron chi connectivity index (χ0n) is 7.42. The van der Waals surface area contributed by atoms with E-state index in [9.17, 15) is 0 Å². The van der Waals surface area contributed by atoms with Gasteiger partial charge in [0.25, 0.3) is 0 Å². The van der Waals surface area contributed by atoms with E-state index < -0.39 is 0 Å². The number of rotatable bonds is 2. The van der Waals surface area contributed by atoms with Crippen LogP contribution in [0.4, 0.5) is 0 Å². The smallest absolute Gasteiger partial charge is 0.161 e. The molecular weight excluding hydrogens is 172 g/mol. The molecule has 0 aliphatic carbocycles. The van der Waals surface area contributed by atoms with E-state index in [0.29, 0.717) is 5.75 Å². The Bertz CT molecular complexity index is 255. The van der Waals surface area contributed by atoms with Crippen molar-refractivity contribution in [2.24, 2.45) is 0 Å². The van der Waals surface area contributed by atoms with Crippen molar-refractivity contribution in [3.05, 3.63) is 17.7 Å². The Morgan fingerprint density at radius 3 is 2.08 bits per heavy atom. The zero-order valence-corrected chi connectivity index (χ0v) is 8.31. The van der Waals surface area contributed by atoms with Gasteiger partial charge in [-0.15, -0.1) is 12.6 Å². The van der Waals surface area contributed by atoms with Gasteiger partial charge in [0.1, 0.15) is 0 Å². The van der Waals surface area contributed by atoms with E-state index in [1.54, 1.807) is 14.2 Å². The maximum Gasteiger partial charge on any atom is 0.161 e. The summed E-state index contributed by atoms with van der Waals surface area (Å²) in [5, 5.41) is 0. The molecule has 0 amide bonds. The second-order valence-corrected chi connectivity index (χ2v) is 2.98. The van der Waals surface area contributed by atoms with Crippen molar-refractivity contribution >= 4 is 12.6 Å². The van der Waals surface area contributed by atoms with Crippen molar-refractivity contribution < 1.29 is 9.47 Å². The maximum absolute atomic E-state index is 5.11. The Morgan fingerprint density at radius 2 is 1.58 bits per heavy atom. The summed E-state index contributed by atoms with van der Waals surface area (Å²) in [6.07, 6.45) is 0. The first-order chi connectivity index (χ1) is 5.69. The molecule has 0 bridgehead atoms. The highest BCUT2D eigenvalue weighted by Crippen LogP contribution is 2.31. The third-order valence-electron chi connectivity index (χ3n) is 1.70. The van der Waals surface area contributed by atoms with Crippen LogP contribution in [0.2, 0.25) is 0 Å². The lowest BCUT2D eigenvalue weighted by molar-refractivity contribution is 0.353. The molecule has 0 aromatic heterocycles. The molecular formula is C9H12O2S. The van der Waals surface area contributed by atoms with E-state index >= 15 is 0 Å². The molecule has 0 radical (unpaired) electrons. The number of thiol groups is 1. The van der Waals surface area contributed by atoms with Crippen molar-refractivity contribution in [2.45, 2.75) is 11.8 Å². The first-order valence-corrected chi connectivity index (χ1v) is 4.05. The van der Waals surface area contributed by atoms with Gasteiger partial charge < -0.3 is 9.47 Å². The van der Waals surface area contributed by atoms with Crippen LogP contribution in [0.5, 0.6) is 11.5 Å². The van der Waals surface area contributed by atoms with Crippen molar-refractivity contribution in [3.8, 4) is 11.5 Å². The predicted molar refractivity (Wildman–Crippen MR) is 51.5 cm³/mol. The van der Waals surface area contributed by atoms with Gasteiger partial charge >= 0.3 is 0 Å². The summed E-state index contributed by atoms with van der Waals surface area (Å²) < 4.78 is 10.2. The van der Waals surface area contributed by atoms with Gasteiger partial charge in [-0.1, -0.05) is 0 Å². The third kappa shape index (κ3) is 1.67. The molecule has 1 aromatic rings. The SMILES string of the molecule is COc1cc(C)c(S)cc1OC. The second-order valence-electron chi connectivity index (χ2n) is 2.49. The first-order valence-electron chi connectivity index (χ1n) is 3.60. The van der Waals surface area contributed by atoms with E-state index in [1.807, 2.05) is 19.1 Å². The van der Waals surface area contributed by atoms with Gasteiger partial charge in [-0.3, -0.25) is 0 Å². The average Bonchev–Trinajstić information content (AvgIpc) is 2.09. The lowest BCUT2D eigenvalue weighted by Gasteiger charge is -2.09. The van der Waals surface area contributed by atoms with E-state index in [4.69, 9.17) is 9.47 Å². The minimum absolute atomic E-state index is 0.716. The molecule has 0 aliphatic rings. The van der Waals surface area contributed by atoms with Gasteiger partial charge in [-0.2, -0.15) is 0 Å². The molecule has 2 nitrogen and oxygen atoms in total. The monoisotopic (exact) mass is 184 g/mol. The Hall–Kier alpha value is -0.830. The number of methoxy groups -OCH3 is 2.